The number of fused-ring (bicyclic) bond motifs is 1. The summed E-state index contributed by atoms with van der Waals surface area (Å²) in [7, 11) is 1.61. The van der Waals surface area contributed by atoms with Crippen LogP contribution in [0.1, 0.15) is 31.9 Å². The van der Waals surface area contributed by atoms with E-state index >= 15 is 0 Å². The Labute approximate surface area is 189 Å². The number of likely N-dealkylation sites (N-methyl/N-ethyl adjacent to an activating group) is 1. The van der Waals surface area contributed by atoms with E-state index in [9.17, 15) is 9.59 Å². The minimum absolute atomic E-state index is 0.0125. The standard InChI is InChI=1S/C23H21N3O3S2/c1-23(2,3)14-8-10-15(11-9-14)29-19-16(13-17-21(28)25(4)22(30)31-17)20(27)26-12-6-5-7-18(26)24-19/h5-13H,1-4H3/b17-13+. The third kappa shape index (κ3) is 4.13. The average molecular weight is 452 g/mol. The number of ether oxygens (including phenoxy) is 1. The minimum Gasteiger partial charge on any atom is -0.438 e. The van der Waals surface area contributed by atoms with E-state index in [4.69, 9.17) is 17.0 Å². The zero-order valence-corrected chi connectivity index (χ0v) is 19.2. The molecule has 0 aliphatic carbocycles. The number of carbonyl (C=O) groups excluding carboxylic acids is 1. The summed E-state index contributed by atoms with van der Waals surface area (Å²) in [6, 6.07) is 13.0. The molecule has 0 N–H and O–H groups in total. The molecule has 0 bridgehead atoms. The molecule has 0 unspecified atom stereocenters. The van der Waals surface area contributed by atoms with Crippen LogP contribution in [0.15, 0.2) is 58.4 Å². The predicted molar refractivity (Wildman–Crippen MR) is 128 cm³/mol. The number of thioether (sulfide) groups is 1. The quantitative estimate of drug-likeness (QED) is 0.428. The lowest BCUT2D eigenvalue weighted by atomic mass is 9.87. The SMILES string of the molecule is CN1C(=O)/C(=C\c2c(Oc3ccc(C(C)(C)C)cc3)nc3ccccn3c2=O)SC1=S. The van der Waals surface area contributed by atoms with Gasteiger partial charge in [0.05, 0.1) is 4.91 Å². The lowest BCUT2D eigenvalue weighted by Crippen LogP contribution is -2.23. The molecule has 0 radical (unpaired) electrons. The fraction of sp³-hybridized carbons (Fsp3) is 0.217. The first-order valence-corrected chi connectivity index (χ1v) is 10.9. The first-order chi connectivity index (χ1) is 14.6. The Hall–Kier alpha value is -2.97. The van der Waals surface area contributed by atoms with Crippen molar-refractivity contribution in [2.45, 2.75) is 26.2 Å². The van der Waals surface area contributed by atoms with Gasteiger partial charge in [-0.3, -0.25) is 18.9 Å². The van der Waals surface area contributed by atoms with Gasteiger partial charge in [-0.15, -0.1) is 0 Å². The van der Waals surface area contributed by atoms with E-state index in [1.165, 1.54) is 20.9 Å². The highest BCUT2D eigenvalue weighted by Crippen LogP contribution is 2.33. The number of carbonyl (C=O) groups is 1. The van der Waals surface area contributed by atoms with Crippen LogP contribution >= 0.6 is 24.0 Å². The minimum atomic E-state index is -0.326. The second-order valence-electron chi connectivity index (χ2n) is 8.18. The van der Waals surface area contributed by atoms with Gasteiger partial charge in [-0.2, -0.15) is 4.98 Å². The monoisotopic (exact) mass is 451 g/mol. The first kappa shape index (κ1) is 21.3. The van der Waals surface area contributed by atoms with Gasteiger partial charge in [0.2, 0.25) is 5.88 Å². The molecule has 8 heteroatoms. The van der Waals surface area contributed by atoms with Crippen molar-refractivity contribution < 1.29 is 9.53 Å². The summed E-state index contributed by atoms with van der Waals surface area (Å²) in [4.78, 5) is 32.0. The van der Waals surface area contributed by atoms with Crippen LogP contribution in [0.2, 0.25) is 0 Å². The summed E-state index contributed by atoms with van der Waals surface area (Å²) in [5.74, 6) is 0.437. The second-order valence-corrected chi connectivity index (χ2v) is 9.86. The van der Waals surface area contributed by atoms with Gasteiger partial charge in [-0.25, -0.2) is 0 Å². The Morgan fingerprint density at radius 1 is 1.10 bits per heavy atom. The van der Waals surface area contributed by atoms with Crippen molar-refractivity contribution in [1.29, 1.82) is 0 Å². The van der Waals surface area contributed by atoms with Crippen LogP contribution in [0.3, 0.4) is 0 Å². The predicted octanol–water partition coefficient (Wildman–Crippen LogP) is 4.62. The molecule has 6 nitrogen and oxygen atoms in total. The molecule has 0 saturated carbocycles. The topological polar surface area (TPSA) is 63.9 Å². The number of pyridine rings is 1. The highest BCUT2D eigenvalue weighted by atomic mass is 32.2. The molecule has 1 aromatic carbocycles. The van der Waals surface area contributed by atoms with Crippen molar-refractivity contribution in [2.75, 3.05) is 7.05 Å². The lowest BCUT2D eigenvalue weighted by molar-refractivity contribution is -0.121. The van der Waals surface area contributed by atoms with E-state index in [0.717, 1.165) is 11.8 Å². The number of benzene rings is 1. The molecule has 3 heterocycles. The Bertz CT molecular complexity index is 1290. The molecule has 2 aromatic heterocycles. The van der Waals surface area contributed by atoms with E-state index in [1.54, 1.807) is 31.4 Å². The molecular formula is C23H21N3O3S2. The van der Waals surface area contributed by atoms with Crippen LogP contribution in [0.5, 0.6) is 11.6 Å². The number of nitrogens with zero attached hydrogens (tertiary/aromatic N) is 3. The summed E-state index contributed by atoms with van der Waals surface area (Å²) >= 11 is 6.35. The Morgan fingerprint density at radius 2 is 1.81 bits per heavy atom. The molecule has 4 rings (SSSR count). The molecule has 0 spiro atoms. The average Bonchev–Trinajstić information content (AvgIpc) is 2.97. The summed E-state index contributed by atoms with van der Waals surface area (Å²) in [6.07, 6.45) is 3.14. The maximum Gasteiger partial charge on any atom is 0.269 e. The van der Waals surface area contributed by atoms with E-state index in [1.807, 2.05) is 24.3 Å². The van der Waals surface area contributed by atoms with Crippen molar-refractivity contribution in [3.63, 3.8) is 0 Å². The van der Waals surface area contributed by atoms with Gasteiger partial charge in [0.15, 0.2) is 0 Å². The van der Waals surface area contributed by atoms with Gasteiger partial charge in [-0.1, -0.05) is 63.0 Å². The maximum absolute atomic E-state index is 13.2. The van der Waals surface area contributed by atoms with Crippen molar-refractivity contribution in [1.82, 2.24) is 14.3 Å². The zero-order chi connectivity index (χ0) is 22.3. The van der Waals surface area contributed by atoms with Crippen LogP contribution in [0.4, 0.5) is 0 Å². The molecule has 1 aliphatic heterocycles. The number of hydrogen-bond acceptors (Lipinski definition) is 6. The van der Waals surface area contributed by atoms with E-state index < -0.39 is 0 Å². The second kappa shape index (κ2) is 7.94. The molecular weight excluding hydrogens is 430 g/mol. The van der Waals surface area contributed by atoms with E-state index in [0.29, 0.717) is 20.6 Å². The smallest absolute Gasteiger partial charge is 0.269 e. The van der Waals surface area contributed by atoms with Crippen LogP contribution in [0, 0.1) is 0 Å². The van der Waals surface area contributed by atoms with Gasteiger partial charge in [-0.05, 0) is 41.3 Å². The molecule has 3 aromatic rings. The van der Waals surface area contributed by atoms with Crippen molar-refractivity contribution in [3.05, 3.63) is 75.0 Å². The largest absolute Gasteiger partial charge is 0.438 e. The number of hydrogen-bond donors (Lipinski definition) is 0. The normalized spacial score (nSPS) is 15.9. The number of amides is 1. The molecule has 158 valence electrons. The van der Waals surface area contributed by atoms with Crippen molar-refractivity contribution in [2.24, 2.45) is 0 Å². The lowest BCUT2D eigenvalue weighted by Gasteiger charge is -2.19. The van der Waals surface area contributed by atoms with E-state index in [-0.39, 0.29) is 28.3 Å². The highest BCUT2D eigenvalue weighted by Gasteiger charge is 2.30. The van der Waals surface area contributed by atoms with Crippen molar-refractivity contribution >= 4 is 45.9 Å². The van der Waals surface area contributed by atoms with E-state index in [2.05, 4.69) is 25.8 Å². The molecule has 0 atom stereocenters. The zero-order valence-electron chi connectivity index (χ0n) is 17.6. The van der Waals surface area contributed by atoms with Crippen LogP contribution in [-0.2, 0) is 10.2 Å². The maximum atomic E-state index is 13.2. The fourth-order valence-corrected chi connectivity index (χ4v) is 4.26. The molecule has 1 fully saturated rings. The fourth-order valence-electron chi connectivity index (χ4n) is 3.09. The number of aromatic nitrogens is 2. The molecule has 1 amide bonds. The van der Waals surface area contributed by atoms with Crippen LogP contribution < -0.4 is 10.3 Å². The summed E-state index contributed by atoms with van der Waals surface area (Å²) in [5.41, 5.74) is 1.50. The molecule has 1 aliphatic rings. The van der Waals surface area contributed by atoms with Gasteiger partial charge in [0.1, 0.15) is 21.3 Å². The third-order valence-corrected chi connectivity index (χ3v) is 6.42. The molecule has 1 saturated heterocycles. The van der Waals surface area contributed by atoms with Gasteiger partial charge in [0.25, 0.3) is 11.5 Å². The van der Waals surface area contributed by atoms with Gasteiger partial charge in [0, 0.05) is 13.2 Å². The Kier molecular flexibility index (Phi) is 5.45. The highest BCUT2D eigenvalue weighted by molar-refractivity contribution is 8.26. The molecule has 31 heavy (non-hydrogen) atoms. The Balaban J connectivity index is 1.82. The third-order valence-electron chi connectivity index (χ3n) is 4.93. The van der Waals surface area contributed by atoms with Gasteiger partial charge >= 0.3 is 0 Å². The Morgan fingerprint density at radius 3 is 2.42 bits per heavy atom. The summed E-state index contributed by atoms with van der Waals surface area (Å²) in [6.45, 7) is 6.41. The summed E-state index contributed by atoms with van der Waals surface area (Å²) in [5, 5.41) is 0. The summed E-state index contributed by atoms with van der Waals surface area (Å²) < 4.78 is 7.89. The van der Waals surface area contributed by atoms with Crippen LogP contribution in [-0.4, -0.2) is 31.6 Å². The van der Waals surface area contributed by atoms with Gasteiger partial charge < -0.3 is 4.74 Å². The van der Waals surface area contributed by atoms with Crippen molar-refractivity contribution in [3.8, 4) is 11.6 Å². The number of thiocarbonyl (C=S) groups is 1. The van der Waals surface area contributed by atoms with Crippen LogP contribution in [0.25, 0.3) is 11.7 Å². The number of rotatable bonds is 3. The first-order valence-electron chi connectivity index (χ1n) is 9.66.